The quantitative estimate of drug-likeness (QED) is 0.773. The van der Waals surface area contributed by atoms with Crippen molar-refractivity contribution in [2.75, 3.05) is 0 Å². The van der Waals surface area contributed by atoms with Crippen molar-refractivity contribution in [2.45, 2.75) is 50.9 Å². The normalized spacial score (nSPS) is 25.5. The fraction of sp³-hybridized carbons (Fsp3) is 0.474. The molecule has 3 atom stereocenters. The summed E-state index contributed by atoms with van der Waals surface area (Å²) in [5, 5.41) is 7.39. The van der Waals surface area contributed by atoms with E-state index in [1.54, 1.807) is 6.20 Å². The maximum Gasteiger partial charge on any atom is 0.239 e. The molecule has 0 spiro atoms. The van der Waals surface area contributed by atoms with Crippen LogP contribution in [0.5, 0.6) is 0 Å². The van der Waals surface area contributed by atoms with Gasteiger partial charge in [0.1, 0.15) is 6.04 Å². The molecule has 1 aromatic carbocycles. The van der Waals surface area contributed by atoms with Crippen molar-refractivity contribution in [1.29, 1.82) is 0 Å². The first-order valence-corrected chi connectivity index (χ1v) is 9.14. The molecule has 3 N–H and O–H groups in total. The van der Waals surface area contributed by atoms with Crippen molar-refractivity contribution >= 4 is 5.91 Å². The van der Waals surface area contributed by atoms with Crippen LogP contribution in [0.25, 0.3) is 0 Å². The van der Waals surface area contributed by atoms with E-state index in [1.807, 2.05) is 29.1 Å². The van der Waals surface area contributed by atoms with Crippen LogP contribution in [-0.2, 0) is 17.9 Å². The molecular formula is C19H25N5O. The molecule has 2 heterocycles. The summed E-state index contributed by atoms with van der Waals surface area (Å²) in [5.41, 5.74) is 8.83. The van der Waals surface area contributed by atoms with Gasteiger partial charge in [0.05, 0.1) is 6.54 Å². The minimum Gasteiger partial charge on any atom is -0.351 e. The molecule has 2 aliphatic rings. The van der Waals surface area contributed by atoms with E-state index in [4.69, 9.17) is 0 Å². The van der Waals surface area contributed by atoms with Crippen molar-refractivity contribution < 1.29 is 4.79 Å². The van der Waals surface area contributed by atoms with Gasteiger partial charge in [-0.1, -0.05) is 37.1 Å². The average molecular weight is 339 g/mol. The standard InChI is InChI=1S/C19H25N5O/c25-19(18-16-8-3-4-9-17(16)22-23-18)20-12-14-6-1-2-7-15(14)13-24-11-5-10-21-24/h1-2,5-7,10-11,16-18,22-23H,3-4,8-9,12-13H2,(H,20,25). The number of rotatable bonds is 5. The number of benzene rings is 1. The number of nitrogens with zero attached hydrogens (tertiary/aromatic N) is 2. The molecule has 6 nitrogen and oxygen atoms in total. The first-order chi connectivity index (χ1) is 12.3. The smallest absolute Gasteiger partial charge is 0.239 e. The van der Waals surface area contributed by atoms with E-state index in [2.05, 4.69) is 33.4 Å². The van der Waals surface area contributed by atoms with Crippen LogP contribution in [0.4, 0.5) is 0 Å². The van der Waals surface area contributed by atoms with Gasteiger partial charge in [-0.15, -0.1) is 0 Å². The van der Waals surface area contributed by atoms with Gasteiger partial charge >= 0.3 is 0 Å². The summed E-state index contributed by atoms with van der Waals surface area (Å²) in [6, 6.07) is 10.4. The van der Waals surface area contributed by atoms with E-state index in [0.717, 1.165) is 18.4 Å². The predicted molar refractivity (Wildman–Crippen MR) is 95.4 cm³/mol. The second-order valence-corrected chi connectivity index (χ2v) is 7.01. The molecule has 0 bridgehead atoms. The number of hydrazine groups is 1. The molecule has 4 rings (SSSR count). The molecule has 6 heteroatoms. The molecule has 2 fully saturated rings. The highest BCUT2D eigenvalue weighted by Gasteiger charge is 2.40. The Balaban J connectivity index is 1.39. The Labute approximate surface area is 148 Å². The summed E-state index contributed by atoms with van der Waals surface area (Å²) in [4.78, 5) is 12.7. The van der Waals surface area contributed by atoms with Crippen LogP contribution >= 0.6 is 0 Å². The molecule has 2 aromatic rings. The third-order valence-corrected chi connectivity index (χ3v) is 5.42. The van der Waals surface area contributed by atoms with Crippen LogP contribution in [0.2, 0.25) is 0 Å². The number of fused-ring (bicyclic) bond motifs is 1. The molecule has 1 saturated heterocycles. The number of hydrogen-bond acceptors (Lipinski definition) is 4. The summed E-state index contributed by atoms with van der Waals surface area (Å²) < 4.78 is 1.90. The van der Waals surface area contributed by atoms with Crippen molar-refractivity contribution in [1.82, 2.24) is 25.9 Å². The molecule has 1 aromatic heterocycles. The van der Waals surface area contributed by atoms with E-state index >= 15 is 0 Å². The Kier molecular flexibility index (Phi) is 4.81. The Hall–Kier alpha value is -2.18. The van der Waals surface area contributed by atoms with Crippen molar-refractivity contribution in [3.05, 3.63) is 53.9 Å². The van der Waals surface area contributed by atoms with Crippen LogP contribution < -0.4 is 16.2 Å². The van der Waals surface area contributed by atoms with Crippen LogP contribution in [0.3, 0.4) is 0 Å². The van der Waals surface area contributed by atoms with Crippen LogP contribution in [0, 0.1) is 5.92 Å². The summed E-state index contributed by atoms with van der Waals surface area (Å²) in [7, 11) is 0. The zero-order chi connectivity index (χ0) is 17.1. The zero-order valence-electron chi connectivity index (χ0n) is 14.3. The van der Waals surface area contributed by atoms with Crippen molar-refractivity contribution in [2.24, 2.45) is 5.92 Å². The maximum atomic E-state index is 12.7. The number of carbonyl (C=O) groups excluding carboxylic acids is 1. The number of nitrogens with one attached hydrogen (secondary N) is 3. The molecule has 1 aliphatic carbocycles. The van der Waals surface area contributed by atoms with E-state index in [-0.39, 0.29) is 11.9 Å². The lowest BCUT2D eigenvalue weighted by atomic mass is 9.81. The monoisotopic (exact) mass is 339 g/mol. The zero-order valence-corrected chi connectivity index (χ0v) is 14.3. The largest absolute Gasteiger partial charge is 0.351 e. The maximum absolute atomic E-state index is 12.7. The van der Waals surface area contributed by atoms with Gasteiger partial charge in [-0.3, -0.25) is 14.9 Å². The fourth-order valence-corrected chi connectivity index (χ4v) is 4.05. The van der Waals surface area contributed by atoms with Gasteiger partial charge < -0.3 is 5.32 Å². The molecule has 1 amide bonds. The van der Waals surface area contributed by atoms with E-state index in [1.165, 1.54) is 18.4 Å². The Morgan fingerprint density at radius 3 is 2.84 bits per heavy atom. The Bertz CT molecular complexity index is 714. The Morgan fingerprint density at radius 1 is 1.16 bits per heavy atom. The lowest BCUT2D eigenvalue weighted by Gasteiger charge is -2.26. The SMILES string of the molecule is O=C(NCc1ccccc1Cn1cccn1)C1NNC2CCCCC21. The third-order valence-electron chi connectivity index (χ3n) is 5.42. The average Bonchev–Trinajstić information content (AvgIpc) is 3.30. The molecule has 25 heavy (non-hydrogen) atoms. The lowest BCUT2D eigenvalue weighted by Crippen LogP contribution is -2.45. The van der Waals surface area contributed by atoms with E-state index in [9.17, 15) is 4.79 Å². The molecule has 1 aliphatic heterocycles. The molecule has 0 radical (unpaired) electrons. The minimum absolute atomic E-state index is 0.0933. The van der Waals surface area contributed by atoms with Gasteiger partial charge in [0.15, 0.2) is 0 Å². The molecule has 132 valence electrons. The van der Waals surface area contributed by atoms with E-state index < -0.39 is 0 Å². The van der Waals surface area contributed by atoms with Gasteiger partial charge in [-0.05, 0) is 30.0 Å². The van der Waals surface area contributed by atoms with Gasteiger partial charge in [0.2, 0.25) is 5.91 Å². The fourth-order valence-electron chi connectivity index (χ4n) is 4.05. The number of amides is 1. The highest BCUT2D eigenvalue weighted by Crippen LogP contribution is 2.30. The number of hydrogen-bond donors (Lipinski definition) is 3. The van der Waals surface area contributed by atoms with Gasteiger partial charge in [-0.25, -0.2) is 5.43 Å². The van der Waals surface area contributed by atoms with Gasteiger partial charge in [0.25, 0.3) is 0 Å². The highest BCUT2D eigenvalue weighted by atomic mass is 16.2. The second-order valence-electron chi connectivity index (χ2n) is 7.01. The highest BCUT2D eigenvalue weighted by molar-refractivity contribution is 5.82. The summed E-state index contributed by atoms with van der Waals surface area (Å²) >= 11 is 0. The third kappa shape index (κ3) is 3.60. The van der Waals surface area contributed by atoms with Gasteiger partial charge in [-0.2, -0.15) is 5.10 Å². The molecular weight excluding hydrogens is 314 g/mol. The summed E-state index contributed by atoms with van der Waals surface area (Å²) in [6.07, 6.45) is 8.50. The summed E-state index contributed by atoms with van der Waals surface area (Å²) in [6.45, 7) is 1.26. The first kappa shape index (κ1) is 16.3. The van der Waals surface area contributed by atoms with E-state index in [0.29, 0.717) is 25.0 Å². The minimum atomic E-state index is -0.122. The van der Waals surface area contributed by atoms with Crippen molar-refractivity contribution in [3.8, 4) is 0 Å². The topological polar surface area (TPSA) is 71.0 Å². The lowest BCUT2D eigenvalue weighted by molar-refractivity contribution is -0.124. The van der Waals surface area contributed by atoms with Crippen LogP contribution in [0.1, 0.15) is 36.8 Å². The first-order valence-electron chi connectivity index (χ1n) is 9.14. The summed E-state index contributed by atoms with van der Waals surface area (Å²) in [5.74, 6) is 0.504. The number of aromatic nitrogens is 2. The van der Waals surface area contributed by atoms with Gasteiger partial charge in [0, 0.05) is 30.9 Å². The molecule has 3 unspecified atom stereocenters. The predicted octanol–water partition coefficient (Wildman–Crippen LogP) is 1.58. The van der Waals surface area contributed by atoms with Crippen LogP contribution in [-0.4, -0.2) is 27.8 Å². The Morgan fingerprint density at radius 2 is 2.00 bits per heavy atom. The second kappa shape index (κ2) is 7.37. The van der Waals surface area contributed by atoms with Crippen molar-refractivity contribution in [3.63, 3.8) is 0 Å². The number of carbonyl (C=O) groups is 1. The van der Waals surface area contributed by atoms with Crippen LogP contribution in [0.15, 0.2) is 42.7 Å². The molecule has 1 saturated carbocycles.